The fourth-order valence-corrected chi connectivity index (χ4v) is 9.67. The van der Waals surface area contributed by atoms with E-state index in [0.29, 0.717) is 12.1 Å². The van der Waals surface area contributed by atoms with Gasteiger partial charge in [-0.1, -0.05) is 18.2 Å². The van der Waals surface area contributed by atoms with Crippen molar-refractivity contribution in [3.8, 4) is 5.75 Å². The fourth-order valence-electron chi connectivity index (χ4n) is 5.92. The van der Waals surface area contributed by atoms with E-state index in [1.54, 1.807) is 6.07 Å². The van der Waals surface area contributed by atoms with Crippen LogP contribution >= 0.6 is 0 Å². The number of rotatable bonds is 6. The standard InChI is InChI=1S/C28H23F5O6S2/c29-22-10-11-23(30)26-25(22)27(41(37,38)19-8-6-17(7-9-19)28(31,32)33)14-12-24(34)20(21(27)16-39-26)13-15-40(35,36)18-4-2-1-3-5-18/h1-11,20-21H,12-16H2/t20-,21-,27-/m0/s1. The molecular formula is C28H23F5O6S2. The van der Waals surface area contributed by atoms with Crippen molar-refractivity contribution in [1.29, 1.82) is 0 Å². The summed E-state index contributed by atoms with van der Waals surface area (Å²) in [6.07, 6.45) is -6.00. The highest BCUT2D eigenvalue weighted by molar-refractivity contribution is 7.92. The highest BCUT2D eigenvalue weighted by Gasteiger charge is 2.62. The molecule has 0 bridgehead atoms. The molecule has 0 amide bonds. The smallest absolute Gasteiger partial charge is 0.416 e. The maximum Gasteiger partial charge on any atom is 0.416 e. The average molecular weight is 615 g/mol. The third-order valence-electron chi connectivity index (χ3n) is 7.90. The molecule has 1 aliphatic heterocycles. The minimum absolute atomic E-state index is 0.00903. The molecule has 3 aromatic carbocycles. The lowest BCUT2D eigenvalue weighted by atomic mass is 9.66. The monoisotopic (exact) mass is 614 g/mol. The summed E-state index contributed by atoms with van der Waals surface area (Å²) in [4.78, 5) is 12.6. The highest BCUT2D eigenvalue weighted by Crippen LogP contribution is 2.58. The topological polar surface area (TPSA) is 94.6 Å². The first-order valence-corrected chi connectivity index (χ1v) is 15.7. The van der Waals surface area contributed by atoms with Crippen molar-refractivity contribution in [2.75, 3.05) is 12.4 Å². The van der Waals surface area contributed by atoms with Gasteiger partial charge in [0.2, 0.25) is 0 Å². The lowest BCUT2D eigenvalue weighted by Crippen LogP contribution is -2.56. The molecule has 1 aliphatic carbocycles. The summed E-state index contributed by atoms with van der Waals surface area (Å²) in [5, 5.41) is 0. The Labute approximate surface area is 233 Å². The zero-order valence-corrected chi connectivity index (χ0v) is 22.8. The minimum atomic E-state index is -4.82. The van der Waals surface area contributed by atoms with Gasteiger partial charge in [0.15, 0.2) is 31.2 Å². The van der Waals surface area contributed by atoms with Crippen molar-refractivity contribution in [1.82, 2.24) is 0 Å². The Morgan fingerprint density at radius 3 is 2.12 bits per heavy atom. The lowest BCUT2D eigenvalue weighted by Gasteiger charge is -2.49. The largest absolute Gasteiger partial charge is 0.490 e. The fraction of sp³-hybridized carbons (Fsp3) is 0.321. The van der Waals surface area contributed by atoms with Gasteiger partial charge in [-0.3, -0.25) is 4.79 Å². The maximum atomic E-state index is 15.5. The Balaban J connectivity index is 1.65. The summed E-state index contributed by atoms with van der Waals surface area (Å²) >= 11 is 0. The molecule has 0 saturated heterocycles. The third kappa shape index (κ3) is 4.82. The second kappa shape index (κ2) is 10.2. The van der Waals surface area contributed by atoms with Crippen LogP contribution in [-0.4, -0.2) is 35.0 Å². The van der Waals surface area contributed by atoms with Gasteiger partial charge in [0, 0.05) is 18.3 Å². The number of hydrogen-bond donors (Lipinski definition) is 0. The number of Topliss-reactive ketones (excluding diaryl/α,β-unsaturated/α-hetero) is 1. The van der Waals surface area contributed by atoms with Gasteiger partial charge >= 0.3 is 6.18 Å². The average Bonchev–Trinajstić information content (AvgIpc) is 2.94. The van der Waals surface area contributed by atoms with Crippen LogP contribution in [-0.2, 0) is 35.4 Å². The van der Waals surface area contributed by atoms with Crippen molar-refractivity contribution < 1.29 is 48.3 Å². The van der Waals surface area contributed by atoms with E-state index in [1.807, 2.05) is 0 Å². The van der Waals surface area contributed by atoms with Gasteiger partial charge in [-0.2, -0.15) is 13.2 Å². The number of benzene rings is 3. The quantitative estimate of drug-likeness (QED) is 0.340. The Morgan fingerprint density at radius 2 is 1.49 bits per heavy atom. The van der Waals surface area contributed by atoms with Gasteiger partial charge in [-0.05, 0) is 61.4 Å². The predicted molar refractivity (Wildman–Crippen MR) is 136 cm³/mol. The molecule has 0 N–H and O–H groups in total. The number of hydrogen-bond acceptors (Lipinski definition) is 6. The summed E-state index contributed by atoms with van der Waals surface area (Å²) in [5.74, 6) is -6.47. The second-order valence-corrected chi connectivity index (χ2v) is 14.4. The van der Waals surface area contributed by atoms with Crippen LogP contribution in [0.5, 0.6) is 5.75 Å². The van der Waals surface area contributed by atoms with E-state index in [4.69, 9.17) is 4.74 Å². The molecule has 0 spiro atoms. The van der Waals surface area contributed by atoms with Gasteiger partial charge in [0.1, 0.15) is 16.3 Å². The minimum Gasteiger partial charge on any atom is -0.490 e. The second-order valence-electron chi connectivity index (χ2n) is 10.1. The van der Waals surface area contributed by atoms with Crippen LogP contribution in [0, 0.1) is 23.5 Å². The Kier molecular flexibility index (Phi) is 7.26. The molecule has 41 heavy (non-hydrogen) atoms. The van der Waals surface area contributed by atoms with Crippen LogP contribution in [0.3, 0.4) is 0 Å². The predicted octanol–water partition coefficient (Wildman–Crippen LogP) is 5.50. The van der Waals surface area contributed by atoms with Crippen LogP contribution in [0.15, 0.2) is 76.5 Å². The third-order valence-corrected chi connectivity index (χ3v) is 12.2. The maximum absolute atomic E-state index is 15.5. The zero-order valence-electron chi connectivity index (χ0n) is 21.2. The van der Waals surface area contributed by atoms with Crippen molar-refractivity contribution in [2.24, 2.45) is 11.8 Å². The van der Waals surface area contributed by atoms with Gasteiger partial charge in [0.05, 0.1) is 33.3 Å². The van der Waals surface area contributed by atoms with Crippen LogP contribution in [0.1, 0.15) is 30.4 Å². The van der Waals surface area contributed by atoms with Crippen LogP contribution in [0.25, 0.3) is 0 Å². The number of sulfone groups is 2. The van der Waals surface area contributed by atoms with Crippen molar-refractivity contribution in [2.45, 2.75) is 40.0 Å². The molecule has 3 aromatic rings. The molecule has 218 valence electrons. The Morgan fingerprint density at radius 1 is 0.854 bits per heavy atom. The van der Waals surface area contributed by atoms with Crippen LogP contribution < -0.4 is 4.74 Å². The molecule has 3 atom stereocenters. The number of ketones is 1. The lowest BCUT2D eigenvalue weighted by molar-refractivity contribution is -0.137. The number of alkyl halides is 3. The highest BCUT2D eigenvalue weighted by atomic mass is 32.2. The van der Waals surface area contributed by atoms with Crippen molar-refractivity contribution >= 4 is 25.5 Å². The number of carbonyl (C=O) groups excluding carboxylic acids is 1. The van der Waals surface area contributed by atoms with E-state index < -0.39 is 107 Å². The van der Waals surface area contributed by atoms with Gasteiger partial charge < -0.3 is 4.74 Å². The van der Waals surface area contributed by atoms with Crippen molar-refractivity contribution in [3.63, 3.8) is 0 Å². The summed E-state index contributed by atoms with van der Waals surface area (Å²) in [6.45, 7) is -0.560. The van der Waals surface area contributed by atoms with Gasteiger partial charge in [-0.25, -0.2) is 25.6 Å². The summed E-state index contributed by atoms with van der Waals surface area (Å²) in [7, 11) is -8.72. The SMILES string of the molecule is O=C1CC[C@@]2(S(=O)(=O)c3ccc(C(F)(F)F)cc3)c3c(F)ccc(F)c3OC[C@H]2[C@@H]1CCS(=O)(=O)c1ccccc1. The summed E-state index contributed by atoms with van der Waals surface area (Å²) in [5.41, 5.74) is -1.77. The van der Waals surface area contributed by atoms with E-state index in [0.717, 1.165) is 24.3 Å². The molecule has 0 unspecified atom stereocenters. The first-order valence-electron chi connectivity index (χ1n) is 12.5. The van der Waals surface area contributed by atoms with E-state index >= 15 is 4.39 Å². The molecule has 0 radical (unpaired) electrons. The van der Waals surface area contributed by atoms with E-state index in [1.165, 1.54) is 24.3 Å². The molecular weight excluding hydrogens is 591 g/mol. The summed E-state index contributed by atoms with van der Waals surface area (Å²) in [6, 6.07) is 11.5. The Hall–Kier alpha value is -3.32. The first kappa shape index (κ1) is 29.2. The molecule has 0 aromatic heterocycles. The summed E-state index contributed by atoms with van der Waals surface area (Å²) < 4.78 is 128. The van der Waals surface area contributed by atoms with Crippen molar-refractivity contribution in [3.05, 3.63) is 89.5 Å². The molecule has 13 heteroatoms. The van der Waals surface area contributed by atoms with Crippen LogP contribution in [0.4, 0.5) is 22.0 Å². The first-order chi connectivity index (χ1) is 19.2. The molecule has 1 saturated carbocycles. The molecule has 5 rings (SSSR count). The van der Waals surface area contributed by atoms with Gasteiger partial charge in [0.25, 0.3) is 0 Å². The number of halogens is 5. The van der Waals surface area contributed by atoms with Gasteiger partial charge in [-0.15, -0.1) is 0 Å². The van der Waals surface area contributed by atoms with E-state index in [-0.39, 0.29) is 11.3 Å². The molecule has 2 aliphatic rings. The Bertz CT molecular complexity index is 1710. The normalized spacial score (nSPS) is 22.9. The number of fused-ring (bicyclic) bond motifs is 3. The van der Waals surface area contributed by atoms with E-state index in [9.17, 15) is 39.2 Å². The number of carbonyl (C=O) groups is 1. The molecule has 1 fully saturated rings. The van der Waals surface area contributed by atoms with Crippen LogP contribution in [0.2, 0.25) is 0 Å². The molecule has 6 nitrogen and oxygen atoms in total. The van der Waals surface area contributed by atoms with E-state index in [2.05, 4.69) is 0 Å². The number of ether oxygens (including phenoxy) is 1. The molecule has 1 heterocycles. The zero-order chi connectivity index (χ0) is 29.8.